The Morgan fingerprint density at radius 2 is 2.05 bits per heavy atom. The molecule has 1 aliphatic carbocycles. The first-order chi connectivity index (χ1) is 9.24. The molecular weight excluding hydrogens is 292 g/mol. The highest BCUT2D eigenvalue weighted by atomic mass is 35.5. The van der Waals surface area contributed by atoms with Crippen LogP contribution in [0.15, 0.2) is 29.2 Å². The Kier molecular flexibility index (Phi) is 7.41. The number of hydrogen-bond donors (Lipinski definition) is 2. The Morgan fingerprint density at radius 1 is 1.35 bits per heavy atom. The van der Waals surface area contributed by atoms with E-state index in [0.29, 0.717) is 19.0 Å². The van der Waals surface area contributed by atoms with E-state index >= 15 is 0 Å². The molecule has 5 heteroatoms. The van der Waals surface area contributed by atoms with Gasteiger partial charge in [-0.15, -0.1) is 24.2 Å². The highest BCUT2D eigenvalue weighted by Gasteiger charge is 2.31. The zero-order chi connectivity index (χ0) is 13.7. The van der Waals surface area contributed by atoms with E-state index in [1.165, 1.54) is 4.90 Å². The lowest BCUT2D eigenvalue weighted by Gasteiger charge is -2.17. The molecule has 0 aliphatic heterocycles. The number of thioether (sulfide) groups is 1. The Labute approximate surface area is 131 Å². The van der Waals surface area contributed by atoms with Crippen molar-refractivity contribution in [2.24, 2.45) is 17.6 Å². The number of rotatable bonds is 5. The molecule has 2 rings (SSSR count). The molecule has 1 amide bonds. The van der Waals surface area contributed by atoms with Crippen LogP contribution in [0.5, 0.6) is 0 Å². The predicted molar refractivity (Wildman–Crippen MR) is 87.2 cm³/mol. The summed E-state index contributed by atoms with van der Waals surface area (Å²) in [6, 6.07) is 8.32. The Hall–Kier alpha value is -0.710. The number of amides is 1. The molecule has 2 atom stereocenters. The van der Waals surface area contributed by atoms with Crippen LogP contribution in [0.4, 0.5) is 0 Å². The van der Waals surface area contributed by atoms with Crippen molar-refractivity contribution in [2.45, 2.75) is 30.7 Å². The average Bonchev–Trinajstić information content (AvgIpc) is 2.93. The van der Waals surface area contributed by atoms with Crippen LogP contribution < -0.4 is 11.1 Å². The molecule has 0 spiro atoms. The zero-order valence-corrected chi connectivity index (χ0v) is 13.4. The summed E-state index contributed by atoms with van der Waals surface area (Å²) in [5, 5.41) is 3.04. The first-order valence-electron chi connectivity index (χ1n) is 6.85. The van der Waals surface area contributed by atoms with Crippen molar-refractivity contribution in [3.63, 3.8) is 0 Å². The van der Waals surface area contributed by atoms with E-state index < -0.39 is 0 Å². The summed E-state index contributed by atoms with van der Waals surface area (Å²) in [6.07, 6.45) is 5.27. The minimum atomic E-state index is 0. The molecular formula is C15H23ClN2OS. The fraction of sp³-hybridized carbons (Fsp3) is 0.533. The largest absolute Gasteiger partial charge is 0.352 e. The van der Waals surface area contributed by atoms with Gasteiger partial charge in [0.2, 0.25) is 5.91 Å². The van der Waals surface area contributed by atoms with Gasteiger partial charge in [0.25, 0.3) is 0 Å². The molecule has 3 N–H and O–H groups in total. The van der Waals surface area contributed by atoms with Gasteiger partial charge in [-0.25, -0.2) is 0 Å². The molecule has 0 bridgehead atoms. The van der Waals surface area contributed by atoms with E-state index in [2.05, 4.69) is 35.8 Å². The van der Waals surface area contributed by atoms with Gasteiger partial charge in [-0.3, -0.25) is 4.79 Å². The second-order valence-electron chi connectivity index (χ2n) is 5.10. The standard InChI is InChI=1S/C15H22N2OS.ClH/c1-19-13-7-5-11(6-8-13)10-17-15(18)14-4-2-3-12(14)9-16;/h5-8,12,14H,2-4,9-10,16H2,1H3,(H,17,18);1H/t12-,14-;/m1./s1. The Morgan fingerprint density at radius 3 is 2.65 bits per heavy atom. The summed E-state index contributed by atoms with van der Waals surface area (Å²) in [5.74, 6) is 0.663. The summed E-state index contributed by atoms with van der Waals surface area (Å²) < 4.78 is 0. The number of carbonyl (C=O) groups excluding carboxylic acids is 1. The number of halogens is 1. The van der Waals surface area contributed by atoms with Crippen molar-refractivity contribution in [2.75, 3.05) is 12.8 Å². The topological polar surface area (TPSA) is 55.1 Å². The van der Waals surface area contributed by atoms with Gasteiger partial charge in [0.1, 0.15) is 0 Å². The first-order valence-corrected chi connectivity index (χ1v) is 8.07. The van der Waals surface area contributed by atoms with Crippen molar-refractivity contribution in [1.82, 2.24) is 5.32 Å². The molecule has 20 heavy (non-hydrogen) atoms. The highest BCUT2D eigenvalue weighted by Crippen LogP contribution is 2.31. The molecule has 1 aromatic rings. The number of benzene rings is 1. The minimum Gasteiger partial charge on any atom is -0.352 e. The van der Waals surface area contributed by atoms with Gasteiger partial charge in [-0.2, -0.15) is 0 Å². The SMILES string of the molecule is CSc1ccc(CNC(=O)[C@@H]2CCC[C@@H]2CN)cc1.Cl. The van der Waals surface area contributed by atoms with Crippen molar-refractivity contribution >= 4 is 30.1 Å². The lowest BCUT2D eigenvalue weighted by Crippen LogP contribution is -2.34. The van der Waals surface area contributed by atoms with Gasteiger partial charge in [0.05, 0.1) is 0 Å². The third-order valence-electron chi connectivity index (χ3n) is 3.92. The maximum absolute atomic E-state index is 12.1. The van der Waals surface area contributed by atoms with Gasteiger partial charge in [-0.05, 0) is 49.3 Å². The lowest BCUT2D eigenvalue weighted by molar-refractivity contribution is -0.126. The monoisotopic (exact) mass is 314 g/mol. The Balaban J connectivity index is 0.00000200. The second kappa shape index (κ2) is 8.55. The predicted octanol–water partition coefficient (Wildman–Crippen LogP) is 2.82. The quantitative estimate of drug-likeness (QED) is 0.822. The molecule has 0 saturated heterocycles. The van der Waals surface area contributed by atoms with Crippen molar-refractivity contribution in [1.29, 1.82) is 0 Å². The van der Waals surface area contributed by atoms with E-state index in [1.54, 1.807) is 11.8 Å². The maximum Gasteiger partial charge on any atom is 0.223 e. The zero-order valence-electron chi connectivity index (χ0n) is 11.8. The molecule has 1 aliphatic rings. The molecule has 0 heterocycles. The van der Waals surface area contributed by atoms with Crippen LogP contribution >= 0.6 is 24.2 Å². The summed E-state index contributed by atoms with van der Waals surface area (Å²) in [7, 11) is 0. The Bertz CT molecular complexity index is 424. The number of nitrogens with one attached hydrogen (secondary N) is 1. The van der Waals surface area contributed by atoms with Crippen LogP contribution in [-0.4, -0.2) is 18.7 Å². The molecule has 112 valence electrons. The second-order valence-corrected chi connectivity index (χ2v) is 5.98. The molecule has 0 aromatic heterocycles. The summed E-state index contributed by atoms with van der Waals surface area (Å²) in [5.41, 5.74) is 6.87. The number of hydrogen-bond acceptors (Lipinski definition) is 3. The smallest absolute Gasteiger partial charge is 0.223 e. The van der Waals surface area contributed by atoms with Crippen LogP contribution in [-0.2, 0) is 11.3 Å². The van der Waals surface area contributed by atoms with E-state index in [9.17, 15) is 4.79 Å². The third-order valence-corrected chi connectivity index (χ3v) is 4.67. The number of nitrogens with two attached hydrogens (primary N) is 1. The van der Waals surface area contributed by atoms with Gasteiger partial charge in [0, 0.05) is 17.4 Å². The molecule has 1 fully saturated rings. The molecule has 0 radical (unpaired) electrons. The fourth-order valence-corrected chi connectivity index (χ4v) is 3.14. The summed E-state index contributed by atoms with van der Waals surface area (Å²) in [6.45, 7) is 1.24. The van der Waals surface area contributed by atoms with E-state index in [1.807, 2.05) is 0 Å². The van der Waals surface area contributed by atoms with Gasteiger partial charge >= 0.3 is 0 Å². The molecule has 1 saturated carbocycles. The van der Waals surface area contributed by atoms with Gasteiger partial charge < -0.3 is 11.1 Å². The summed E-state index contributed by atoms with van der Waals surface area (Å²) in [4.78, 5) is 13.4. The molecule has 1 aromatic carbocycles. The highest BCUT2D eigenvalue weighted by molar-refractivity contribution is 7.98. The van der Waals surface area contributed by atoms with Crippen LogP contribution in [0.3, 0.4) is 0 Å². The lowest BCUT2D eigenvalue weighted by atomic mass is 9.95. The van der Waals surface area contributed by atoms with Crippen molar-refractivity contribution in [3.8, 4) is 0 Å². The van der Waals surface area contributed by atoms with Crippen LogP contribution in [0.2, 0.25) is 0 Å². The van der Waals surface area contributed by atoms with Crippen LogP contribution in [0.1, 0.15) is 24.8 Å². The normalized spacial score (nSPS) is 21.3. The molecule has 0 unspecified atom stereocenters. The van der Waals surface area contributed by atoms with Crippen molar-refractivity contribution in [3.05, 3.63) is 29.8 Å². The first kappa shape index (κ1) is 17.3. The fourth-order valence-electron chi connectivity index (χ4n) is 2.73. The third kappa shape index (κ3) is 4.40. The van der Waals surface area contributed by atoms with E-state index in [0.717, 1.165) is 24.8 Å². The van der Waals surface area contributed by atoms with Crippen LogP contribution in [0, 0.1) is 11.8 Å². The number of carbonyl (C=O) groups is 1. The van der Waals surface area contributed by atoms with Crippen molar-refractivity contribution < 1.29 is 4.79 Å². The summed E-state index contributed by atoms with van der Waals surface area (Å²) >= 11 is 1.72. The van der Waals surface area contributed by atoms with E-state index in [4.69, 9.17) is 5.73 Å². The van der Waals surface area contributed by atoms with E-state index in [-0.39, 0.29) is 24.2 Å². The maximum atomic E-state index is 12.1. The van der Waals surface area contributed by atoms with Gasteiger partial charge in [-0.1, -0.05) is 18.6 Å². The average molecular weight is 315 g/mol. The van der Waals surface area contributed by atoms with Crippen LogP contribution in [0.25, 0.3) is 0 Å². The minimum absolute atomic E-state index is 0. The molecule has 3 nitrogen and oxygen atoms in total. The van der Waals surface area contributed by atoms with Gasteiger partial charge in [0.15, 0.2) is 0 Å².